The van der Waals surface area contributed by atoms with Crippen molar-refractivity contribution in [3.63, 3.8) is 0 Å². The highest BCUT2D eigenvalue weighted by atomic mass is 35.5. The van der Waals surface area contributed by atoms with Crippen molar-refractivity contribution in [3.8, 4) is 0 Å². The molecular formula is C21H19ClN2O4. The van der Waals surface area contributed by atoms with Crippen LogP contribution in [0, 0.1) is 27.9 Å². The molecule has 28 heavy (non-hydrogen) atoms. The van der Waals surface area contributed by atoms with Crippen molar-refractivity contribution in [2.45, 2.75) is 31.2 Å². The molecule has 1 heterocycles. The molecule has 144 valence electrons. The lowest BCUT2D eigenvalue weighted by atomic mass is 9.67. The summed E-state index contributed by atoms with van der Waals surface area (Å²) in [6.45, 7) is 0. The number of benzene rings is 2. The van der Waals surface area contributed by atoms with Crippen LogP contribution in [0.5, 0.6) is 0 Å². The molecule has 0 saturated heterocycles. The summed E-state index contributed by atoms with van der Waals surface area (Å²) in [5, 5.41) is 24.9. The van der Waals surface area contributed by atoms with Crippen LogP contribution in [-0.4, -0.2) is 16.0 Å². The van der Waals surface area contributed by atoms with Gasteiger partial charge in [0.1, 0.15) is 0 Å². The number of carboxylic acids is 1. The fraction of sp³-hybridized carbons (Fsp3) is 0.381. The number of hydrogen-bond acceptors (Lipinski definition) is 4. The summed E-state index contributed by atoms with van der Waals surface area (Å²) < 4.78 is 0. The van der Waals surface area contributed by atoms with Crippen LogP contribution in [0.4, 0.5) is 11.4 Å². The molecule has 7 heteroatoms. The molecule has 2 bridgehead atoms. The van der Waals surface area contributed by atoms with Gasteiger partial charge in [-0.3, -0.25) is 10.1 Å². The molecule has 0 aromatic heterocycles. The third-order valence-electron chi connectivity index (χ3n) is 6.88. The molecule has 6 nitrogen and oxygen atoms in total. The van der Waals surface area contributed by atoms with Crippen LogP contribution in [-0.2, 0) is 0 Å². The van der Waals surface area contributed by atoms with E-state index in [2.05, 4.69) is 5.32 Å². The minimum atomic E-state index is -0.954. The Morgan fingerprint density at radius 3 is 2.54 bits per heavy atom. The predicted octanol–water partition coefficient (Wildman–Crippen LogP) is 5.24. The van der Waals surface area contributed by atoms with E-state index in [1.807, 2.05) is 12.1 Å². The van der Waals surface area contributed by atoms with Gasteiger partial charge in [-0.05, 0) is 60.8 Å². The molecule has 2 fully saturated rings. The van der Waals surface area contributed by atoms with E-state index in [-0.39, 0.29) is 34.1 Å². The zero-order valence-electron chi connectivity index (χ0n) is 15.0. The number of nitrogens with one attached hydrogen (secondary N) is 1. The van der Waals surface area contributed by atoms with Gasteiger partial charge in [0.15, 0.2) is 0 Å². The van der Waals surface area contributed by atoms with Gasteiger partial charge in [-0.1, -0.05) is 23.7 Å². The fourth-order valence-corrected chi connectivity index (χ4v) is 6.08. The Balaban J connectivity index is 1.65. The van der Waals surface area contributed by atoms with Crippen molar-refractivity contribution < 1.29 is 14.8 Å². The average molecular weight is 399 g/mol. The Morgan fingerprint density at radius 1 is 1.14 bits per heavy atom. The molecule has 2 saturated carbocycles. The molecule has 2 aromatic carbocycles. The first-order valence-corrected chi connectivity index (χ1v) is 9.90. The van der Waals surface area contributed by atoms with Crippen molar-refractivity contribution in [1.82, 2.24) is 0 Å². The number of hydrogen-bond donors (Lipinski definition) is 2. The molecule has 0 amide bonds. The molecule has 0 spiro atoms. The summed E-state index contributed by atoms with van der Waals surface area (Å²) in [4.78, 5) is 22.6. The second-order valence-electron chi connectivity index (χ2n) is 8.10. The van der Waals surface area contributed by atoms with E-state index < -0.39 is 5.97 Å². The van der Waals surface area contributed by atoms with E-state index in [1.54, 1.807) is 18.2 Å². The average Bonchev–Trinajstić information content (AvgIpc) is 3.30. The lowest BCUT2D eigenvalue weighted by molar-refractivity contribution is -0.385. The van der Waals surface area contributed by atoms with Gasteiger partial charge in [-0.25, -0.2) is 4.79 Å². The first kappa shape index (κ1) is 17.5. The van der Waals surface area contributed by atoms with Crippen molar-refractivity contribution in [1.29, 1.82) is 0 Å². The van der Waals surface area contributed by atoms with Crippen molar-refractivity contribution in [3.05, 3.63) is 68.2 Å². The highest BCUT2D eigenvalue weighted by molar-refractivity contribution is 6.33. The molecule has 5 rings (SSSR count). The molecule has 5 unspecified atom stereocenters. The molecule has 3 aliphatic rings. The summed E-state index contributed by atoms with van der Waals surface area (Å²) in [5.41, 5.74) is 2.82. The lowest BCUT2D eigenvalue weighted by Gasteiger charge is -2.43. The maximum atomic E-state index is 11.7. The monoisotopic (exact) mass is 398 g/mol. The predicted molar refractivity (Wildman–Crippen MR) is 105 cm³/mol. The number of anilines is 1. The van der Waals surface area contributed by atoms with Gasteiger partial charge in [0, 0.05) is 12.0 Å². The van der Waals surface area contributed by atoms with Crippen LogP contribution >= 0.6 is 11.6 Å². The van der Waals surface area contributed by atoms with Crippen LogP contribution in [0.1, 0.15) is 52.7 Å². The standard InChI is InChI=1S/C21H19ClN2O4/c22-14-7-8-15(24(27)28)18-16-12-5-6-13(9-12)17(16)19(23-20(14)18)10-1-3-11(4-2-10)21(25)26/h1-4,7-8,12-13,16-17,19,23H,5-6,9H2,(H,25,26). The van der Waals surface area contributed by atoms with Gasteiger partial charge >= 0.3 is 5.97 Å². The largest absolute Gasteiger partial charge is 0.478 e. The van der Waals surface area contributed by atoms with Gasteiger partial charge in [-0.2, -0.15) is 0 Å². The number of rotatable bonds is 3. The number of fused-ring (bicyclic) bond motifs is 7. The number of carbonyl (C=O) groups is 1. The first-order chi connectivity index (χ1) is 13.5. The molecular weight excluding hydrogens is 380 g/mol. The van der Waals surface area contributed by atoms with Crippen molar-refractivity contribution in [2.75, 3.05) is 5.32 Å². The highest BCUT2D eigenvalue weighted by Gasteiger charge is 2.56. The fourth-order valence-electron chi connectivity index (χ4n) is 5.86. The second-order valence-corrected chi connectivity index (χ2v) is 8.51. The third-order valence-corrected chi connectivity index (χ3v) is 7.20. The Morgan fingerprint density at radius 2 is 1.86 bits per heavy atom. The summed E-state index contributed by atoms with van der Waals surface area (Å²) >= 11 is 6.47. The van der Waals surface area contributed by atoms with E-state index >= 15 is 0 Å². The number of aromatic carboxylic acids is 1. The molecule has 5 atom stereocenters. The lowest BCUT2D eigenvalue weighted by Crippen LogP contribution is -2.36. The summed E-state index contributed by atoms with van der Waals surface area (Å²) in [5.74, 6) is 0.356. The number of nitro groups is 1. The topological polar surface area (TPSA) is 92.5 Å². The Kier molecular flexibility index (Phi) is 3.88. The Hall–Kier alpha value is -2.60. The van der Waals surface area contributed by atoms with Crippen LogP contribution in [0.15, 0.2) is 36.4 Å². The second kappa shape index (κ2) is 6.21. The zero-order valence-corrected chi connectivity index (χ0v) is 15.7. The Labute approximate surface area is 166 Å². The van der Waals surface area contributed by atoms with E-state index in [0.717, 1.165) is 30.4 Å². The molecule has 2 N–H and O–H groups in total. The number of carboxylic acid groups (broad SMARTS) is 1. The van der Waals surface area contributed by atoms with Crippen LogP contribution in [0.3, 0.4) is 0 Å². The number of nitro benzene ring substituents is 1. The molecule has 0 radical (unpaired) electrons. The molecule has 2 aliphatic carbocycles. The van der Waals surface area contributed by atoms with E-state index in [0.29, 0.717) is 22.5 Å². The molecule has 2 aromatic rings. The highest BCUT2D eigenvalue weighted by Crippen LogP contribution is 2.65. The van der Waals surface area contributed by atoms with Gasteiger partial charge in [0.2, 0.25) is 0 Å². The normalized spacial score (nSPS) is 29.7. The third kappa shape index (κ3) is 2.44. The smallest absolute Gasteiger partial charge is 0.335 e. The van der Waals surface area contributed by atoms with Crippen molar-refractivity contribution in [2.24, 2.45) is 17.8 Å². The van der Waals surface area contributed by atoms with Crippen LogP contribution < -0.4 is 5.32 Å². The Bertz CT molecular complexity index is 991. The molecule has 1 aliphatic heterocycles. The van der Waals surface area contributed by atoms with Crippen LogP contribution in [0.2, 0.25) is 5.02 Å². The van der Waals surface area contributed by atoms with E-state index in [4.69, 9.17) is 11.6 Å². The quantitative estimate of drug-likeness (QED) is 0.544. The maximum Gasteiger partial charge on any atom is 0.335 e. The minimum Gasteiger partial charge on any atom is -0.478 e. The van der Waals surface area contributed by atoms with Gasteiger partial charge in [0.25, 0.3) is 5.69 Å². The van der Waals surface area contributed by atoms with Crippen molar-refractivity contribution >= 4 is 28.9 Å². The summed E-state index contributed by atoms with van der Waals surface area (Å²) in [7, 11) is 0. The maximum absolute atomic E-state index is 11.7. The zero-order chi connectivity index (χ0) is 19.6. The number of halogens is 1. The van der Waals surface area contributed by atoms with Crippen LogP contribution in [0.25, 0.3) is 0 Å². The summed E-state index contributed by atoms with van der Waals surface area (Å²) in [6, 6.07) is 10.0. The van der Waals surface area contributed by atoms with Gasteiger partial charge in [-0.15, -0.1) is 0 Å². The first-order valence-electron chi connectivity index (χ1n) is 9.52. The van der Waals surface area contributed by atoms with Gasteiger partial charge < -0.3 is 10.4 Å². The minimum absolute atomic E-state index is 0.0323. The van der Waals surface area contributed by atoms with Gasteiger partial charge in [0.05, 0.1) is 32.8 Å². The number of nitrogens with zero attached hydrogens (tertiary/aromatic N) is 1. The summed E-state index contributed by atoms with van der Waals surface area (Å²) in [6.07, 6.45) is 3.32. The van der Waals surface area contributed by atoms with E-state index in [9.17, 15) is 20.0 Å². The SMILES string of the molecule is O=C(O)c1ccc(C2Nc3c(Cl)ccc([N+](=O)[O-])c3C3C4CCC(C4)C23)cc1. The van der Waals surface area contributed by atoms with E-state index in [1.165, 1.54) is 6.07 Å².